The van der Waals surface area contributed by atoms with Gasteiger partial charge >= 0.3 is 0 Å². The first kappa shape index (κ1) is 14.5. The summed E-state index contributed by atoms with van der Waals surface area (Å²) in [6, 6.07) is 8.68. The van der Waals surface area contributed by atoms with Gasteiger partial charge < -0.3 is 4.74 Å². The molecule has 0 spiro atoms. The summed E-state index contributed by atoms with van der Waals surface area (Å²) in [4.78, 5) is 2.55. The highest BCUT2D eigenvalue weighted by molar-refractivity contribution is 5.71. The summed E-state index contributed by atoms with van der Waals surface area (Å²) in [6.45, 7) is 12.6. The van der Waals surface area contributed by atoms with Crippen molar-refractivity contribution in [2.75, 3.05) is 0 Å². The number of fused-ring (bicyclic) bond motifs is 3. The zero-order chi connectivity index (χ0) is 15.5. The maximum absolute atomic E-state index is 6.60. The van der Waals surface area contributed by atoms with E-state index >= 15 is 0 Å². The summed E-state index contributed by atoms with van der Waals surface area (Å²) in [6.07, 6.45) is 4.27. The number of hydrogen-bond donors (Lipinski definition) is 0. The Hall–Kier alpha value is -1.12. The number of benzene rings is 1. The minimum atomic E-state index is 0.0523. The molecule has 0 amide bonds. The number of rotatable bonds is 0. The van der Waals surface area contributed by atoms with Gasteiger partial charge in [0.05, 0.1) is 6.10 Å². The zero-order valence-corrected chi connectivity index (χ0v) is 14.0. The molecule has 118 valence electrons. The van der Waals surface area contributed by atoms with E-state index in [-0.39, 0.29) is 11.8 Å². The monoisotopic (exact) mass is 297 g/mol. The predicted molar refractivity (Wildman–Crippen MR) is 90.3 cm³/mol. The van der Waals surface area contributed by atoms with E-state index in [0.29, 0.717) is 12.0 Å². The molecule has 2 heteroatoms. The van der Waals surface area contributed by atoms with Crippen molar-refractivity contribution in [3.05, 3.63) is 42.0 Å². The normalized spacial score (nSPS) is 37.1. The van der Waals surface area contributed by atoms with Crippen molar-refractivity contribution in [1.82, 2.24) is 4.90 Å². The lowest BCUT2D eigenvalue weighted by Gasteiger charge is -2.59. The Bertz CT molecular complexity index is 605. The molecule has 1 aromatic carbocycles. The molecule has 0 aromatic heterocycles. The molecule has 1 saturated heterocycles. The SMILES string of the molecule is C=C1c2ccccc2CN2[C@H]1O[C@@H]1C[C@H](C)CC[C@H]1C2(C)C. The molecule has 0 N–H and O–H groups in total. The standard InChI is InChI=1S/C20H27NO/c1-13-9-10-17-18(11-13)22-19-14(2)16-8-6-5-7-15(16)12-21(19)20(17,3)4/h5-8,13,17-19H,2,9-12H2,1,3-4H3/t13-,17-,18-,19+/m1/s1. The smallest absolute Gasteiger partial charge is 0.137 e. The molecule has 4 atom stereocenters. The third kappa shape index (κ3) is 2.00. The van der Waals surface area contributed by atoms with Gasteiger partial charge in [0.15, 0.2) is 0 Å². The lowest BCUT2D eigenvalue weighted by molar-refractivity contribution is -0.217. The molecule has 0 bridgehead atoms. The lowest BCUT2D eigenvalue weighted by Crippen LogP contribution is -2.65. The molecule has 0 radical (unpaired) electrons. The molecule has 3 aliphatic rings. The van der Waals surface area contributed by atoms with Crippen LogP contribution in [0, 0.1) is 11.8 Å². The maximum atomic E-state index is 6.60. The van der Waals surface area contributed by atoms with Crippen molar-refractivity contribution in [1.29, 1.82) is 0 Å². The van der Waals surface area contributed by atoms with E-state index in [9.17, 15) is 0 Å². The van der Waals surface area contributed by atoms with Gasteiger partial charge in [-0.2, -0.15) is 0 Å². The first-order valence-electron chi connectivity index (χ1n) is 8.67. The van der Waals surface area contributed by atoms with Crippen LogP contribution in [0.15, 0.2) is 30.8 Å². The average molecular weight is 297 g/mol. The fourth-order valence-electron chi connectivity index (χ4n) is 4.89. The van der Waals surface area contributed by atoms with Gasteiger partial charge in [0, 0.05) is 18.0 Å². The summed E-state index contributed by atoms with van der Waals surface area (Å²) in [5.41, 5.74) is 4.00. The van der Waals surface area contributed by atoms with Crippen LogP contribution < -0.4 is 0 Å². The van der Waals surface area contributed by atoms with Gasteiger partial charge in [0.2, 0.25) is 0 Å². The van der Waals surface area contributed by atoms with Gasteiger partial charge in [-0.15, -0.1) is 0 Å². The van der Waals surface area contributed by atoms with Crippen LogP contribution >= 0.6 is 0 Å². The molecule has 2 heterocycles. The molecular weight excluding hydrogens is 270 g/mol. The van der Waals surface area contributed by atoms with Crippen molar-refractivity contribution in [2.24, 2.45) is 11.8 Å². The number of ether oxygens (including phenoxy) is 1. The van der Waals surface area contributed by atoms with Gasteiger partial charge in [-0.05, 0) is 49.3 Å². The van der Waals surface area contributed by atoms with Crippen LogP contribution in [0.2, 0.25) is 0 Å². The molecule has 4 rings (SSSR count). The molecule has 1 aliphatic carbocycles. The van der Waals surface area contributed by atoms with Crippen LogP contribution in [-0.4, -0.2) is 22.8 Å². The van der Waals surface area contributed by atoms with Gasteiger partial charge in [-0.3, -0.25) is 4.90 Å². The first-order valence-corrected chi connectivity index (χ1v) is 8.67. The van der Waals surface area contributed by atoms with Crippen molar-refractivity contribution in [3.63, 3.8) is 0 Å². The summed E-state index contributed by atoms with van der Waals surface area (Å²) < 4.78 is 6.60. The van der Waals surface area contributed by atoms with Crippen molar-refractivity contribution < 1.29 is 4.74 Å². The predicted octanol–water partition coefficient (Wildman–Crippen LogP) is 4.46. The van der Waals surface area contributed by atoms with Crippen LogP contribution in [0.4, 0.5) is 0 Å². The fourth-order valence-corrected chi connectivity index (χ4v) is 4.89. The second-order valence-electron chi connectivity index (χ2n) is 8.02. The van der Waals surface area contributed by atoms with Crippen molar-refractivity contribution in [3.8, 4) is 0 Å². The van der Waals surface area contributed by atoms with Gasteiger partial charge in [-0.1, -0.05) is 44.2 Å². The highest BCUT2D eigenvalue weighted by atomic mass is 16.5. The summed E-state index contributed by atoms with van der Waals surface area (Å²) in [5.74, 6) is 1.42. The van der Waals surface area contributed by atoms with Crippen molar-refractivity contribution in [2.45, 2.75) is 64.4 Å². The Balaban J connectivity index is 1.74. The number of nitrogens with zero attached hydrogens (tertiary/aromatic N) is 1. The highest BCUT2D eigenvalue weighted by Gasteiger charge is 2.52. The Morgan fingerprint density at radius 3 is 2.82 bits per heavy atom. The summed E-state index contributed by atoms with van der Waals surface area (Å²) in [5, 5.41) is 0. The molecule has 1 aromatic rings. The Kier molecular flexibility index (Phi) is 3.25. The van der Waals surface area contributed by atoms with E-state index in [2.05, 4.69) is 56.5 Å². The first-order chi connectivity index (χ1) is 10.5. The number of hydrogen-bond acceptors (Lipinski definition) is 2. The van der Waals surface area contributed by atoms with Crippen LogP contribution in [0.5, 0.6) is 0 Å². The second-order valence-corrected chi connectivity index (χ2v) is 8.02. The van der Waals surface area contributed by atoms with Gasteiger partial charge in [0.25, 0.3) is 0 Å². The van der Waals surface area contributed by atoms with Crippen LogP contribution in [0.25, 0.3) is 5.57 Å². The zero-order valence-electron chi connectivity index (χ0n) is 14.0. The van der Waals surface area contributed by atoms with Crippen LogP contribution in [0.3, 0.4) is 0 Å². The minimum absolute atomic E-state index is 0.0523. The second kappa shape index (κ2) is 4.94. The van der Waals surface area contributed by atoms with Crippen molar-refractivity contribution >= 4 is 5.57 Å². The van der Waals surface area contributed by atoms with Gasteiger partial charge in [0.1, 0.15) is 6.23 Å². The topological polar surface area (TPSA) is 12.5 Å². The van der Waals surface area contributed by atoms with E-state index in [0.717, 1.165) is 18.0 Å². The van der Waals surface area contributed by atoms with Crippen LogP contribution in [-0.2, 0) is 11.3 Å². The largest absolute Gasteiger partial charge is 0.355 e. The summed E-state index contributed by atoms with van der Waals surface area (Å²) in [7, 11) is 0. The third-order valence-corrected chi connectivity index (χ3v) is 6.29. The summed E-state index contributed by atoms with van der Waals surface area (Å²) >= 11 is 0. The maximum Gasteiger partial charge on any atom is 0.137 e. The molecular formula is C20H27NO. The minimum Gasteiger partial charge on any atom is -0.355 e. The molecule has 22 heavy (non-hydrogen) atoms. The van der Waals surface area contributed by atoms with Crippen LogP contribution in [0.1, 0.15) is 51.2 Å². The Labute approximate surface area is 134 Å². The molecule has 2 aliphatic heterocycles. The van der Waals surface area contributed by atoms with E-state index < -0.39 is 0 Å². The average Bonchev–Trinajstić information content (AvgIpc) is 2.49. The molecule has 0 unspecified atom stereocenters. The fraction of sp³-hybridized carbons (Fsp3) is 0.600. The van der Waals surface area contributed by atoms with Gasteiger partial charge in [-0.25, -0.2) is 0 Å². The van der Waals surface area contributed by atoms with E-state index in [1.165, 1.54) is 30.4 Å². The highest BCUT2D eigenvalue weighted by Crippen LogP contribution is 2.49. The Morgan fingerprint density at radius 1 is 1.23 bits per heavy atom. The van der Waals surface area contributed by atoms with E-state index in [1.807, 2.05) is 0 Å². The van der Waals surface area contributed by atoms with E-state index in [4.69, 9.17) is 4.74 Å². The molecule has 2 nitrogen and oxygen atoms in total. The molecule has 1 saturated carbocycles. The lowest BCUT2D eigenvalue weighted by atomic mass is 9.69. The third-order valence-electron chi connectivity index (χ3n) is 6.29. The van der Waals surface area contributed by atoms with E-state index in [1.54, 1.807) is 0 Å². The Morgan fingerprint density at radius 2 is 2.00 bits per heavy atom. The quantitative estimate of drug-likeness (QED) is 0.701. The molecule has 2 fully saturated rings.